The van der Waals surface area contributed by atoms with Crippen LogP contribution in [-0.2, 0) is 0 Å². The van der Waals surface area contributed by atoms with Crippen molar-refractivity contribution < 1.29 is 0 Å². The molecule has 0 aliphatic rings. The smallest absolute Gasteiger partial charge is 0.0540 e. The zero-order valence-electron chi connectivity index (χ0n) is 27.8. The molecule has 0 fully saturated rings. The lowest BCUT2D eigenvalue weighted by Crippen LogP contribution is -2.10. The van der Waals surface area contributed by atoms with Gasteiger partial charge < -0.3 is 10.2 Å². The van der Waals surface area contributed by atoms with Gasteiger partial charge in [0.15, 0.2) is 0 Å². The molecule has 2 heteroatoms. The molecular formula is C47H40N2. The highest BCUT2D eigenvalue weighted by Gasteiger charge is 2.15. The Morgan fingerprint density at radius 2 is 0.857 bits per heavy atom. The van der Waals surface area contributed by atoms with Crippen LogP contribution in [0.5, 0.6) is 0 Å². The van der Waals surface area contributed by atoms with E-state index in [0.29, 0.717) is 0 Å². The molecule has 0 unspecified atom stereocenters. The normalized spacial score (nSPS) is 10.2. The van der Waals surface area contributed by atoms with Crippen molar-refractivity contribution in [1.82, 2.24) is 0 Å². The van der Waals surface area contributed by atoms with Gasteiger partial charge in [0.2, 0.25) is 0 Å². The van der Waals surface area contributed by atoms with E-state index in [1.165, 1.54) is 38.4 Å². The molecule has 49 heavy (non-hydrogen) atoms. The van der Waals surface area contributed by atoms with Crippen molar-refractivity contribution in [1.29, 1.82) is 0 Å². The van der Waals surface area contributed by atoms with Crippen LogP contribution in [0.25, 0.3) is 32.7 Å². The number of hydrogen-bond acceptors (Lipinski definition) is 2. The van der Waals surface area contributed by atoms with Crippen LogP contribution in [0, 0.1) is 0 Å². The predicted octanol–water partition coefficient (Wildman–Crippen LogP) is 13.8. The molecule has 0 aliphatic heterocycles. The molecule has 0 saturated carbocycles. The SMILES string of the molecule is C=CC.c1ccc(N(c2ccc(-c3ccc(Nc4cccc5ccccc45)cc3)cc2)c2cccc3ccccc23)cc1.c1ccccc1. The van der Waals surface area contributed by atoms with Gasteiger partial charge in [-0.2, -0.15) is 0 Å². The minimum absolute atomic E-state index is 1.07. The summed E-state index contributed by atoms with van der Waals surface area (Å²) in [5, 5.41) is 8.51. The Morgan fingerprint density at radius 3 is 1.47 bits per heavy atom. The van der Waals surface area contributed by atoms with E-state index < -0.39 is 0 Å². The highest BCUT2D eigenvalue weighted by atomic mass is 15.1. The molecule has 0 saturated heterocycles. The average molecular weight is 633 g/mol. The van der Waals surface area contributed by atoms with Crippen LogP contribution in [0.15, 0.2) is 213 Å². The molecule has 238 valence electrons. The van der Waals surface area contributed by atoms with E-state index in [4.69, 9.17) is 0 Å². The first-order valence-electron chi connectivity index (χ1n) is 16.6. The summed E-state index contributed by atoms with van der Waals surface area (Å²) in [7, 11) is 0. The van der Waals surface area contributed by atoms with Gasteiger partial charge in [0.25, 0.3) is 0 Å². The molecule has 8 aromatic rings. The van der Waals surface area contributed by atoms with Crippen molar-refractivity contribution in [3.63, 3.8) is 0 Å². The van der Waals surface area contributed by atoms with Gasteiger partial charge in [0.1, 0.15) is 0 Å². The number of allylic oxidation sites excluding steroid dienone is 1. The monoisotopic (exact) mass is 632 g/mol. The summed E-state index contributed by atoms with van der Waals surface area (Å²) in [5.74, 6) is 0. The first kappa shape index (κ1) is 32.6. The highest BCUT2D eigenvalue weighted by molar-refractivity contribution is 5.99. The summed E-state index contributed by atoms with van der Waals surface area (Å²) in [6, 6.07) is 70.0. The molecule has 0 heterocycles. The fraction of sp³-hybridized carbons (Fsp3) is 0.0213. The fourth-order valence-electron chi connectivity index (χ4n) is 5.83. The minimum Gasteiger partial charge on any atom is -0.355 e. The molecule has 1 N–H and O–H groups in total. The van der Waals surface area contributed by atoms with Gasteiger partial charge in [0, 0.05) is 33.5 Å². The first-order valence-corrected chi connectivity index (χ1v) is 16.6. The van der Waals surface area contributed by atoms with Gasteiger partial charge in [-0.1, -0.05) is 158 Å². The van der Waals surface area contributed by atoms with Gasteiger partial charge in [0.05, 0.1) is 5.69 Å². The molecule has 8 aromatic carbocycles. The zero-order chi connectivity index (χ0) is 33.7. The van der Waals surface area contributed by atoms with Gasteiger partial charge in [-0.3, -0.25) is 0 Å². The van der Waals surface area contributed by atoms with E-state index in [1.54, 1.807) is 6.08 Å². The third kappa shape index (κ3) is 8.13. The molecule has 0 spiro atoms. The van der Waals surface area contributed by atoms with Crippen molar-refractivity contribution in [3.05, 3.63) is 213 Å². The van der Waals surface area contributed by atoms with Crippen molar-refractivity contribution in [2.45, 2.75) is 6.92 Å². The second-order valence-electron chi connectivity index (χ2n) is 11.5. The first-order chi connectivity index (χ1) is 24.2. The topological polar surface area (TPSA) is 15.3 Å². The fourth-order valence-corrected chi connectivity index (χ4v) is 5.83. The molecule has 0 atom stereocenters. The van der Waals surface area contributed by atoms with Crippen LogP contribution in [-0.4, -0.2) is 0 Å². The van der Waals surface area contributed by atoms with Gasteiger partial charge in [-0.05, 0) is 77.4 Å². The Bertz CT molecular complexity index is 2170. The number of hydrogen-bond donors (Lipinski definition) is 1. The summed E-state index contributed by atoms with van der Waals surface area (Å²) in [6.45, 7) is 5.25. The standard InChI is InChI=1S/C38H28N2.C6H6.C3H6/c1-2-14-33(15-3-1)40(38-19-9-13-31-11-5-7-17-36(31)38)34-26-22-29(23-27-34)28-20-24-32(25-21-28)39-37-18-8-12-30-10-4-6-16-35(30)37;1-2-4-6-5-3-1;1-3-2/h1-27,39H;1-6H;3H,1H2,2H3. The summed E-state index contributed by atoms with van der Waals surface area (Å²) < 4.78 is 0. The number of anilines is 5. The van der Waals surface area contributed by atoms with Crippen LogP contribution in [0.4, 0.5) is 28.4 Å². The molecule has 2 nitrogen and oxygen atoms in total. The van der Waals surface area contributed by atoms with Crippen LogP contribution in [0.1, 0.15) is 6.92 Å². The number of rotatable bonds is 6. The molecule has 0 amide bonds. The maximum Gasteiger partial charge on any atom is 0.0540 e. The largest absolute Gasteiger partial charge is 0.355 e. The second-order valence-corrected chi connectivity index (χ2v) is 11.5. The van der Waals surface area contributed by atoms with Gasteiger partial charge in [-0.25, -0.2) is 0 Å². The van der Waals surface area contributed by atoms with E-state index in [2.05, 4.69) is 181 Å². The number of benzene rings is 8. The molecule has 0 aromatic heterocycles. The van der Waals surface area contributed by atoms with E-state index >= 15 is 0 Å². The average Bonchev–Trinajstić information content (AvgIpc) is 3.18. The Morgan fingerprint density at radius 1 is 0.429 bits per heavy atom. The van der Waals surface area contributed by atoms with Crippen molar-refractivity contribution in [2.75, 3.05) is 10.2 Å². The van der Waals surface area contributed by atoms with Crippen molar-refractivity contribution in [3.8, 4) is 11.1 Å². The Balaban J connectivity index is 0.000000408. The maximum atomic E-state index is 3.59. The quantitative estimate of drug-likeness (QED) is 0.184. The zero-order valence-corrected chi connectivity index (χ0v) is 27.8. The number of para-hydroxylation sites is 1. The van der Waals surface area contributed by atoms with Crippen LogP contribution >= 0.6 is 0 Å². The van der Waals surface area contributed by atoms with Crippen molar-refractivity contribution in [2.24, 2.45) is 0 Å². The summed E-state index contributed by atoms with van der Waals surface area (Å²) in [6.07, 6.45) is 1.75. The lowest BCUT2D eigenvalue weighted by Gasteiger charge is -2.27. The van der Waals surface area contributed by atoms with Crippen molar-refractivity contribution >= 4 is 50.0 Å². The van der Waals surface area contributed by atoms with E-state index in [-0.39, 0.29) is 0 Å². The maximum absolute atomic E-state index is 3.59. The van der Waals surface area contributed by atoms with Gasteiger partial charge >= 0.3 is 0 Å². The van der Waals surface area contributed by atoms with E-state index in [9.17, 15) is 0 Å². The van der Waals surface area contributed by atoms with Crippen LogP contribution < -0.4 is 10.2 Å². The Hall–Kier alpha value is -6.38. The second kappa shape index (κ2) is 16.4. The molecule has 0 radical (unpaired) electrons. The predicted molar refractivity (Wildman–Crippen MR) is 214 cm³/mol. The lowest BCUT2D eigenvalue weighted by atomic mass is 10.0. The molecule has 0 bridgehead atoms. The summed E-state index contributed by atoms with van der Waals surface area (Å²) >= 11 is 0. The third-order valence-corrected chi connectivity index (χ3v) is 8.10. The third-order valence-electron chi connectivity index (χ3n) is 8.10. The lowest BCUT2D eigenvalue weighted by molar-refractivity contribution is 1.30. The summed E-state index contributed by atoms with van der Waals surface area (Å²) in [4.78, 5) is 2.34. The summed E-state index contributed by atoms with van der Waals surface area (Å²) in [5.41, 5.74) is 7.99. The Labute approximate surface area is 290 Å². The Kier molecular flexibility index (Phi) is 10.9. The van der Waals surface area contributed by atoms with E-state index in [0.717, 1.165) is 22.7 Å². The number of nitrogens with one attached hydrogen (secondary N) is 1. The minimum atomic E-state index is 1.07. The highest BCUT2D eigenvalue weighted by Crippen LogP contribution is 2.39. The van der Waals surface area contributed by atoms with Crippen LogP contribution in [0.3, 0.4) is 0 Å². The molecule has 0 aliphatic carbocycles. The number of nitrogens with zero attached hydrogens (tertiary/aromatic N) is 1. The van der Waals surface area contributed by atoms with E-state index in [1.807, 2.05) is 43.3 Å². The van der Waals surface area contributed by atoms with Gasteiger partial charge in [-0.15, -0.1) is 6.58 Å². The molecule has 8 rings (SSSR count). The molecular weight excluding hydrogens is 593 g/mol. The van der Waals surface area contributed by atoms with Crippen LogP contribution in [0.2, 0.25) is 0 Å². The number of fused-ring (bicyclic) bond motifs is 2.